The third kappa shape index (κ3) is 5.94. The molecule has 0 atom stereocenters. The van der Waals surface area contributed by atoms with E-state index in [4.69, 9.17) is 0 Å². The van der Waals surface area contributed by atoms with Crippen LogP contribution in [0.4, 0.5) is 5.69 Å². The lowest BCUT2D eigenvalue weighted by Crippen LogP contribution is -2.23. The van der Waals surface area contributed by atoms with Gasteiger partial charge >= 0.3 is 0 Å². The highest BCUT2D eigenvalue weighted by Crippen LogP contribution is 2.10. The van der Waals surface area contributed by atoms with Crippen LogP contribution in [0.1, 0.15) is 30.0 Å². The topological polar surface area (TPSA) is 58.2 Å². The first-order chi connectivity index (χ1) is 11.0. The number of hydrogen-bond acceptors (Lipinski definition) is 2. The molecule has 0 unspecified atom stereocenters. The van der Waals surface area contributed by atoms with Crippen LogP contribution in [0.2, 0.25) is 0 Å². The van der Waals surface area contributed by atoms with Crippen LogP contribution >= 0.6 is 0 Å². The van der Waals surface area contributed by atoms with Crippen molar-refractivity contribution in [2.75, 3.05) is 5.32 Å². The number of hydrogen-bond donors (Lipinski definition) is 2. The van der Waals surface area contributed by atoms with Crippen LogP contribution in [0.15, 0.2) is 48.5 Å². The van der Waals surface area contributed by atoms with E-state index >= 15 is 0 Å². The number of benzene rings is 2. The molecule has 2 aromatic carbocycles. The minimum Gasteiger partial charge on any atom is -0.352 e. The van der Waals surface area contributed by atoms with Gasteiger partial charge in [-0.15, -0.1) is 0 Å². The maximum Gasteiger partial charge on any atom is 0.221 e. The molecule has 0 bridgehead atoms. The summed E-state index contributed by atoms with van der Waals surface area (Å²) in [6, 6.07) is 15.7. The first-order valence-corrected chi connectivity index (χ1v) is 7.72. The Morgan fingerprint density at radius 1 is 0.913 bits per heavy atom. The maximum absolute atomic E-state index is 11.9. The maximum atomic E-state index is 11.9. The summed E-state index contributed by atoms with van der Waals surface area (Å²) in [5.41, 5.74) is 4.15. The fourth-order valence-corrected chi connectivity index (χ4v) is 2.21. The van der Waals surface area contributed by atoms with Gasteiger partial charge in [0.15, 0.2) is 0 Å². The second kappa shape index (κ2) is 8.13. The van der Waals surface area contributed by atoms with Gasteiger partial charge in [-0.05, 0) is 36.6 Å². The van der Waals surface area contributed by atoms with Crippen molar-refractivity contribution in [3.8, 4) is 0 Å². The van der Waals surface area contributed by atoms with Gasteiger partial charge in [0, 0.05) is 25.6 Å². The number of carbonyl (C=O) groups is 2. The number of amides is 2. The molecule has 0 saturated heterocycles. The zero-order chi connectivity index (χ0) is 16.7. The van der Waals surface area contributed by atoms with Crippen LogP contribution in [-0.4, -0.2) is 11.8 Å². The van der Waals surface area contributed by atoms with Gasteiger partial charge < -0.3 is 10.6 Å². The van der Waals surface area contributed by atoms with Crippen LogP contribution in [0, 0.1) is 6.92 Å². The molecule has 2 rings (SSSR count). The Balaban J connectivity index is 1.75. The minimum absolute atomic E-state index is 0.0384. The van der Waals surface area contributed by atoms with E-state index in [9.17, 15) is 9.59 Å². The van der Waals surface area contributed by atoms with E-state index in [1.54, 1.807) is 0 Å². The number of rotatable bonds is 6. The van der Waals surface area contributed by atoms with Crippen LogP contribution in [0.3, 0.4) is 0 Å². The molecule has 23 heavy (non-hydrogen) atoms. The molecule has 2 amide bonds. The van der Waals surface area contributed by atoms with Gasteiger partial charge in [-0.25, -0.2) is 0 Å². The third-order valence-electron chi connectivity index (χ3n) is 3.53. The first kappa shape index (κ1) is 16.7. The van der Waals surface area contributed by atoms with Crippen LogP contribution < -0.4 is 10.6 Å². The Morgan fingerprint density at radius 3 is 2.13 bits per heavy atom. The molecular weight excluding hydrogens is 288 g/mol. The van der Waals surface area contributed by atoms with Crippen LogP contribution in [-0.2, 0) is 22.6 Å². The van der Waals surface area contributed by atoms with Gasteiger partial charge in [-0.2, -0.15) is 0 Å². The van der Waals surface area contributed by atoms with Crippen molar-refractivity contribution in [1.29, 1.82) is 0 Å². The number of aryl methyl sites for hydroxylation is 2. The molecule has 4 heteroatoms. The van der Waals surface area contributed by atoms with Crippen LogP contribution in [0.25, 0.3) is 0 Å². The van der Waals surface area contributed by atoms with Crippen molar-refractivity contribution in [2.45, 2.75) is 33.2 Å². The van der Waals surface area contributed by atoms with Crippen molar-refractivity contribution in [2.24, 2.45) is 0 Å². The lowest BCUT2D eigenvalue weighted by molar-refractivity contribution is -0.121. The molecule has 0 spiro atoms. The largest absolute Gasteiger partial charge is 0.352 e. The lowest BCUT2D eigenvalue weighted by atomic mass is 10.1. The van der Waals surface area contributed by atoms with Crippen LogP contribution in [0.5, 0.6) is 0 Å². The van der Waals surface area contributed by atoms with Gasteiger partial charge in [-0.3, -0.25) is 9.59 Å². The Labute approximate surface area is 136 Å². The fourth-order valence-electron chi connectivity index (χ4n) is 2.21. The van der Waals surface area contributed by atoms with Gasteiger partial charge in [-0.1, -0.05) is 42.0 Å². The molecule has 0 saturated carbocycles. The average molecular weight is 310 g/mol. The number of anilines is 1. The van der Waals surface area contributed by atoms with E-state index in [1.807, 2.05) is 31.2 Å². The van der Waals surface area contributed by atoms with E-state index in [-0.39, 0.29) is 11.8 Å². The van der Waals surface area contributed by atoms with Crippen molar-refractivity contribution >= 4 is 17.5 Å². The summed E-state index contributed by atoms with van der Waals surface area (Å²) in [7, 11) is 0. The molecule has 0 aliphatic rings. The quantitative estimate of drug-likeness (QED) is 0.861. The predicted octanol–water partition coefficient (Wildman–Crippen LogP) is 3.20. The molecule has 2 N–H and O–H groups in total. The van der Waals surface area contributed by atoms with E-state index in [2.05, 4.69) is 34.9 Å². The average Bonchev–Trinajstić information content (AvgIpc) is 2.53. The summed E-state index contributed by atoms with van der Waals surface area (Å²) < 4.78 is 0. The van der Waals surface area contributed by atoms with Crippen molar-refractivity contribution in [3.63, 3.8) is 0 Å². The summed E-state index contributed by atoms with van der Waals surface area (Å²) in [6.07, 6.45) is 1.22. The zero-order valence-corrected chi connectivity index (χ0v) is 13.6. The predicted molar refractivity (Wildman–Crippen MR) is 92.1 cm³/mol. The molecule has 0 aliphatic heterocycles. The van der Waals surface area contributed by atoms with E-state index in [0.717, 1.165) is 17.7 Å². The van der Waals surface area contributed by atoms with Crippen molar-refractivity contribution < 1.29 is 9.59 Å². The van der Waals surface area contributed by atoms with E-state index < -0.39 is 0 Å². The second-order valence-corrected chi connectivity index (χ2v) is 5.64. The summed E-state index contributed by atoms with van der Waals surface area (Å²) in [5, 5.41) is 5.63. The summed E-state index contributed by atoms with van der Waals surface area (Å²) in [6.45, 7) is 4.02. The third-order valence-corrected chi connectivity index (χ3v) is 3.53. The summed E-state index contributed by atoms with van der Waals surface area (Å²) in [5.74, 6) is -0.0568. The highest BCUT2D eigenvalue weighted by atomic mass is 16.2. The van der Waals surface area contributed by atoms with E-state index in [0.29, 0.717) is 13.0 Å². The molecular formula is C19H22N2O2. The second-order valence-electron chi connectivity index (χ2n) is 5.64. The van der Waals surface area contributed by atoms with Gasteiger partial charge in [0.2, 0.25) is 11.8 Å². The fraction of sp³-hybridized carbons (Fsp3) is 0.263. The molecule has 0 aliphatic carbocycles. The SMILES string of the molecule is CC(=O)Nc1ccc(CNC(=O)CCc2ccc(C)cc2)cc1. The zero-order valence-electron chi connectivity index (χ0n) is 13.6. The minimum atomic E-state index is -0.0952. The Hall–Kier alpha value is -2.62. The molecule has 0 aromatic heterocycles. The molecule has 0 fully saturated rings. The smallest absolute Gasteiger partial charge is 0.221 e. The standard InChI is InChI=1S/C19H22N2O2/c1-14-3-5-16(6-4-14)9-12-19(23)20-13-17-7-10-18(11-8-17)21-15(2)22/h3-8,10-11H,9,12-13H2,1-2H3,(H,20,23)(H,21,22). The summed E-state index contributed by atoms with van der Waals surface area (Å²) >= 11 is 0. The molecule has 0 radical (unpaired) electrons. The van der Waals surface area contributed by atoms with Crippen molar-refractivity contribution in [1.82, 2.24) is 5.32 Å². The van der Waals surface area contributed by atoms with E-state index in [1.165, 1.54) is 18.1 Å². The normalized spacial score (nSPS) is 10.2. The molecule has 0 heterocycles. The highest BCUT2D eigenvalue weighted by molar-refractivity contribution is 5.88. The van der Waals surface area contributed by atoms with Gasteiger partial charge in [0.05, 0.1) is 0 Å². The van der Waals surface area contributed by atoms with Crippen molar-refractivity contribution in [3.05, 3.63) is 65.2 Å². The monoisotopic (exact) mass is 310 g/mol. The number of nitrogens with one attached hydrogen (secondary N) is 2. The van der Waals surface area contributed by atoms with Gasteiger partial charge in [0.1, 0.15) is 0 Å². The highest BCUT2D eigenvalue weighted by Gasteiger charge is 2.03. The molecule has 4 nitrogen and oxygen atoms in total. The Bertz CT molecular complexity index is 661. The Kier molecular flexibility index (Phi) is 5.92. The Morgan fingerprint density at radius 2 is 1.52 bits per heavy atom. The number of carbonyl (C=O) groups excluding carboxylic acids is 2. The summed E-state index contributed by atoms with van der Waals surface area (Å²) in [4.78, 5) is 22.9. The molecule has 2 aromatic rings. The van der Waals surface area contributed by atoms with Gasteiger partial charge in [0.25, 0.3) is 0 Å². The molecule has 120 valence electrons. The lowest BCUT2D eigenvalue weighted by Gasteiger charge is -2.07. The first-order valence-electron chi connectivity index (χ1n) is 7.72.